The van der Waals surface area contributed by atoms with Gasteiger partial charge in [-0.2, -0.15) is 0 Å². The highest BCUT2D eigenvalue weighted by Gasteiger charge is 2.41. The predicted molar refractivity (Wildman–Crippen MR) is 74.2 cm³/mol. The van der Waals surface area contributed by atoms with Crippen LogP contribution in [0.25, 0.3) is 0 Å². The molecule has 112 valence electrons. The van der Waals surface area contributed by atoms with Crippen molar-refractivity contribution in [2.24, 2.45) is 0 Å². The van der Waals surface area contributed by atoms with E-state index in [0.717, 1.165) is 12.8 Å². The lowest BCUT2D eigenvalue weighted by Crippen LogP contribution is -2.64. The molecule has 0 spiro atoms. The molecule has 3 saturated heterocycles. The number of piperidine rings is 2. The SMILES string of the molecule is Nc1nc(N2C[C@@H]3CC[C@H]2CN3C(=O)O)ccc1[N+](=O)[O-]. The molecule has 0 aromatic carbocycles. The molecule has 3 fully saturated rings. The molecule has 4 heterocycles. The van der Waals surface area contributed by atoms with Gasteiger partial charge in [0.15, 0.2) is 0 Å². The van der Waals surface area contributed by atoms with Crippen LogP contribution < -0.4 is 10.6 Å². The summed E-state index contributed by atoms with van der Waals surface area (Å²) in [7, 11) is 0. The molecule has 0 unspecified atom stereocenters. The fraction of sp³-hybridized carbons (Fsp3) is 0.500. The first kappa shape index (κ1) is 13.4. The number of rotatable bonds is 2. The number of anilines is 2. The number of fused-ring (bicyclic) bond motifs is 3. The smallest absolute Gasteiger partial charge is 0.407 e. The van der Waals surface area contributed by atoms with Crippen LogP contribution in [0, 0.1) is 10.1 Å². The highest BCUT2D eigenvalue weighted by atomic mass is 16.6. The van der Waals surface area contributed by atoms with Crippen molar-refractivity contribution >= 4 is 23.4 Å². The molecule has 21 heavy (non-hydrogen) atoms. The van der Waals surface area contributed by atoms with Crippen LogP contribution in [0.5, 0.6) is 0 Å². The summed E-state index contributed by atoms with van der Waals surface area (Å²) < 4.78 is 0. The van der Waals surface area contributed by atoms with E-state index >= 15 is 0 Å². The summed E-state index contributed by atoms with van der Waals surface area (Å²) in [5.41, 5.74) is 5.40. The standard InChI is InChI=1S/C12H15N5O4/c13-11-9(17(20)21)3-4-10(14-11)15-5-8-2-1-7(15)6-16(8)12(18)19/h3-4,7-8H,1-2,5-6H2,(H2,13,14)(H,18,19)/t7-,8-/m0/s1. The monoisotopic (exact) mass is 293 g/mol. The summed E-state index contributed by atoms with van der Waals surface area (Å²) in [4.78, 5) is 28.9. The largest absolute Gasteiger partial charge is 0.465 e. The van der Waals surface area contributed by atoms with Crippen molar-refractivity contribution < 1.29 is 14.8 Å². The number of nitrogens with zero attached hydrogens (tertiary/aromatic N) is 4. The van der Waals surface area contributed by atoms with Crippen LogP contribution in [0.4, 0.5) is 22.1 Å². The van der Waals surface area contributed by atoms with Crippen molar-refractivity contribution in [3.05, 3.63) is 22.2 Å². The second kappa shape index (κ2) is 4.76. The van der Waals surface area contributed by atoms with E-state index in [9.17, 15) is 14.9 Å². The number of hydrogen-bond donors (Lipinski definition) is 2. The van der Waals surface area contributed by atoms with Gasteiger partial charge in [-0.15, -0.1) is 0 Å². The average molecular weight is 293 g/mol. The number of amides is 1. The summed E-state index contributed by atoms with van der Waals surface area (Å²) >= 11 is 0. The van der Waals surface area contributed by atoms with Gasteiger partial charge in [-0.3, -0.25) is 10.1 Å². The number of nitrogen functional groups attached to an aromatic ring is 1. The van der Waals surface area contributed by atoms with E-state index in [1.807, 2.05) is 4.90 Å². The van der Waals surface area contributed by atoms with E-state index < -0.39 is 11.0 Å². The summed E-state index contributed by atoms with van der Waals surface area (Å²) in [6, 6.07) is 2.89. The van der Waals surface area contributed by atoms with Gasteiger partial charge >= 0.3 is 11.8 Å². The number of piperazine rings is 1. The maximum absolute atomic E-state index is 11.2. The lowest BCUT2D eigenvalue weighted by Gasteiger charge is -2.50. The molecule has 1 amide bonds. The van der Waals surface area contributed by atoms with E-state index in [1.165, 1.54) is 11.0 Å². The highest BCUT2D eigenvalue weighted by molar-refractivity contribution is 5.67. The predicted octanol–water partition coefficient (Wildman–Crippen LogP) is 0.903. The highest BCUT2D eigenvalue weighted by Crippen LogP contribution is 2.33. The molecule has 3 aliphatic rings. The Morgan fingerprint density at radius 2 is 2.10 bits per heavy atom. The Kier molecular flexibility index (Phi) is 3.04. The first-order chi connectivity index (χ1) is 9.97. The maximum atomic E-state index is 11.2. The average Bonchev–Trinajstić information content (AvgIpc) is 2.47. The third kappa shape index (κ3) is 2.20. The van der Waals surface area contributed by atoms with Crippen molar-refractivity contribution in [1.82, 2.24) is 9.88 Å². The fourth-order valence-electron chi connectivity index (χ4n) is 3.11. The molecule has 9 nitrogen and oxygen atoms in total. The van der Waals surface area contributed by atoms with Gasteiger partial charge < -0.3 is 20.6 Å². The van der Waals surface area contributed by atoms with Crippen LogP contribution in [-0.2, 0) is 0 Å². The molecule has 0 aliphatic carbocycles. The van der Waals surface area contributed by atoms with Gasteiger partial charge in [-0.05, 0) is 18.9 Å². The molecular weight excluding hydrogens is 278 g/mol. The third-order valence-electron chi connectivity index (χ3n) is 4.15. The van der Waals surface area contributed by atoms with Crippen molar-refractivity contribution in [1.29, 1.82) is 0 Å². The zero-order chi connectivity index (χ0) is 15.1. The van der Waals surface area contributed by atoms with Crippen molar-refractivity contribution in [3.8, 4) is 0 Å². The van der Waals surface area contributed by atoms with Gasteiger partial charge in [0.2, 0.25) is 5.82 Å². The molecule has 2 bridgehead atoms. The zero-order valence-corrected chi connectivity index (χ0v) is 11.2. The normalized spacial score (nSPS) is 24.2. The van der Waals surface area contributed by atoms with Gasteiger partial charge in [0.25, 0.3) is 0 Å². The third-order valence-corrected chi connectivity index (χ3v) is 4.15. The zero-order valence-electron chi connectivity index (χ0n) is 11.2. The molecule has 3 aliphatic heterocycles. The van der Waals surface area contributed by atoms with Gasteiger partial charge in [0.1, 0.15) is 5.82 Å². The molecular formula is C12H15N5O4. The van der Waals surface area contributed by atoms with Crippen LogP contribution in [0.3, 0.4) is 0 Å². The minimum atomic E-state index is -0.902. The van der Waals surface area contributed by atoms with Gasteiger partial charge in [-0.25, -0.2) is 9.78 Å². The number of nitro groups is 1. The van der Waals surface area contributed by atoms with Gasteiger partial charge in [0, 0.05) is 25.2 Å². The fourth-order valence-corrected chi connectivity index (χ4v) is 3.11. The Balaban J connectivity index is 1.85. The van der Waals surface area contributed by atoms with Gasteiger partial charge in [-0.1, -0.05) is 0 Å². The molecule has 3 N–H and O–H groups in total. The molecule has 1 aromatic heterocycles. The van der Waals surface area contributed by atoms with Crippen LogP contribution in [-0.4, -0.2) is 51.2 Å². The topological polar surface area (TPSA) is 126 Å². The summed E-state index contributed by atoms with van der Waals surface area (Å²) in [5.74, 6) is 0.451. The second-order valence-corrected chi connectivity index (χ2v) is 5.30. The molecule has 0 saturated carbocycles. The second-order valence-electron chi connectivity index (χ2n) is 5.30. The first-order valence-corrected chi connectivity index (χ1v) is 6.64. The Hall–Kier alpha value is -2.58. The van der Waals surface area contributed by atoms with Crippen molar-refractivity contribution in [2.75, 3.05) is 23.7 Å². The number of hydrogen-bond acceptors (Lipinski definition) is 6. The molecule has 9 heteroatoms. The number of nitrogens with two attached hydrogens (primary N) is 1. The lowest BCUT2D eigenvalue weighted by atomic mass is 9.91. The number of carbonyl (C=O) groups is 1. The molecule has 2 atom stereocenters. The Morgan fingerprint density at radius 1 is 1.38 bits per heavy atom. The summed E-state index contributed by atoms with van der Waals surface area (Å²) in [6.07, 6.45) is 0.809. The summed E-state index contributed by atoms with van der Waals surface area (Å²) in [6.45, 7) is 0.972. The number of carboxylic acid groups (broad SMARTS) is 1. The molecule has 0 radical (unpaired) electrons. The summed E-state index contributed by atoms with van der Waals surface area (Å²) in [5, 5.41) is 19.9. The van der Waals surface area contributed by atoms with E-state index in [1.54, 1.807) is 6.07 Å². The van der Waals surface area contributed by atoms with E-state index in [4.69, 9.17) is 10.8 Å². The van der Waals surface area contributed by atoms with Gasteiger partial charge in [0.05, 0.1) is 11.0 Å². The maximum Gasteiger partial charge on any atom is 0.407 e. The van der Waals surface area contributed by atoms with E-state index in [-0.39, 0.29) is 23.6 Å². The van der Waals surface area contributed by atoms with E-state index in [0.29, 0.717) is 18.9 Å². The minimum absolute atomic E-state index is 0.0412. The lowest BCUT2D eigenvalue weighted by molar-refractivity contribution is -0.384. The quantitative estimate of drug-likeness (QED) is 0.612. The van der Waals surface area contributed by atoms with Crippen LogP contribution in [0.1, 0.15) is 12.8 Å². The molecule has 1 aromatic rings. The Morgan fingerprint density at radius 3 is 2.62 bits per heavy atom. The van der Waals surface area contributed by atoms with Crippen molar-refractivity contribution in [3.63, 3.8) is 0 Å². The Bertz CT molecular complexity index is 607. The first-order valence-electron chi connectivity index (χ1n) is 6.64. The van der Waals surface area contributed by atoms with Crippen LogP contribution in [0.15, 0.2) is 12.1 Å². The number of pyridine rings is 1. The number of aromatic nitrogens is 1. The Labute approximate surface area is 120 Å². The molecule has 4 rings (SSSR count). The van der Waals surface area contributed by atoms with Crippen LogP contribution >= 0.6 is 0 Å². The van der Waals surface area contributed by atoms with Crippen LogP contribution in [0.2, 0.25) is 0 Å². The van der Waals surface area contributed by atoms with E-state index in [2.05, 4.69) is 4.98 Å². The minimum Gasteiger partial charge on any atom is -0.465 e. The van der Waals surface area contributed by atoms with Crippen molar-refractivity contribution in [2.45, 2.75) is 24.9 Å².